The molecule has 0 bridgehead atoms. The van der Waals surface area contributed by atoms with E-state index in [-0.39, 0.29) is 6.79 Å². The fraction of sp³-hybridized carbons (Fsp3) is 0.0667. The zero-order chi connectivity index (χ0) is 14.2. The van der Waals surface area contributed by atoms with Gasteiger partial charge in [-0.2, -0.15) is 5.10 Å². The third-order valence-electron chi connectivity index (χ3n) is 3.26. The minimum absolute atomic E-state index is 0.246. The zero-order valence-electron chi connectivity index (χ0n) is 10.9. The Balaban J connectivity index is 1.84. The molecule has 0 N–H and O–H groups in total. The van der Waals surface area contributed by atoms with Crippen molar-refractivity contribution in [3.05, 3.63) is 53.8 Å². The quantitative estimate of drug-likeness (QED) is 0.728. The van der Waals surface area contributed by atoms with E-state index in [1.165, 1.54) is 6.33 Å². The Kier molecular flexibility index (Phi) is 2.79. The molecule has 0 saturated heterocycles. The van der Waals surface area contributed by atoms with Gasteiger partial charge in [0, 0.05) is 5.56 Å². The molecule has 6 heteroatoms. The molecule has 21 heavy (non-hydrogen) atoms. The second-order valence-corrected chi connectivity index (χ2v) is 4.92. The summed E-state index contributed by atoms with van der Waals surface area (Å²) in [5.74, 6) is 2.14. The summed E-state index contributed by atoms with van der Waals surface area (Å²) in [6.07, 6.45) is 1.50. The fourth-order valence-electron chi connectivity index (χ4n) is 2.27. The summed E-state index contributed by atoms with van der Waals surface area (Å²) in [5.41, 5.74) is 1.67. The van der Waals surface area contributed by atoms with E-state index in [9.17, 15) is 0 Å². The normalized spacial score (nSPS) is 12.6. The smallest absolute Gasteiger partial charge is 0.231 e. The van der Waals surface area contributed by atoms with E-state index in [2.05, 4.69) is 10.1 Å². The van der Waals surface area contributed by atoms with Crippen molar-refractivity contribution in [2.24, 2.45) is 0 Å². The van der Waals surface area contributed by atoms with Crippen molar-refractivity contribution in [1.82, 2.24) is 14.8 Å². The molecular formula is C15H10ClN3O2. The topological polar surface area (TPSA) is 49.2 Å². The number of aromatic nitrogens is 3. The second-order valence-electron chi connectivity index (χ2n) is 4.51. The maximum Gasteiger partial charge on any atom is 0.231 e. The maximum absolute atomic E-state index is 6.24. The molecule has 2 aromatic carbocycles. The number of hydrogen-bond donors (Lipinski definition) is 0. The lowest BCUT2D eigenvalue weighted by Crippen LogP contribution is -2.00. The Labute approximate surface area is 125 Å². The summed E-state index contributed by atoms with van der Waals surface area (Å²) in [7, 11) is 0. The molecule has 0 amide bonds. The Morgan fingerprint density at radius 1 is 1.05 bits per heavy atom. The number of hydrogen-bond acceptors (Lipinski definition) is 4. The van der Waals surface area contributed by atoms with Crippen molar-refractivity contribution < 1.29 is 9.47 Å². The van der Waals surface area contributed by atoms with E-state index in [0.29, 0.717) is 16.6 Å². The van der Waals surface area contributed by atoms with Crippen LogP contribution >= 0.6 is 11.6 Å². The second kappa shape index (κ2) is 4.79. The monoisotopic (exact) mass is 299 g/mol. The summed E-state index contributed by atoms with van der Waals surface area (Å²) >= 11 is 6.24. The highest BCUT2D eigenvalue weighted by Gasteiger charge is 2.17. The van der Waals surface area contributed by atoms with E-state index in [0.717, 1.165) is 17.0 Å². The third kappa shape index (κ3) is 2.02. The van der Waals surface area contributed by atoms with Gasteiger partial charge in [-0.3, -0.25) is 0 Å². The summed E-state index contributed by atoms with van der Waals surface area (Å²) in [6.45, 7) is 0.246. The zero-order valence-corrected chi connectivity index (χ0v) is 11.6. The lowest BCUT2D eigenvalue weighted by Gasteiger charge is -2.08. The highest BCUT2D eigenvalue weighted by molar-refractivity contribution is 6.32. The van der Waals surface area contributed by atoms with Gasteiger partial charge in [-0.05, 0) is 30.3 Å². The van der Waals surface area contributed by atoms with Crippen LogP contribution in [-0.4, -0.2) is 21.6 Å². The first-order chi connectivity index (χ1) is 10.3. The highest BCUT2D eigenvalue weighted by atomic mass is 35.5. The molecule has 0 spiro atoms. The molecule has 0 aliphatic carbocycles. The van der Waals surface area contributed by atoms with Crippen LogP contribution < -0.4 is 9.47 Å². The van der Waals surface area contributed by atoms with Crippen LogP contribution in [-0.2, 0) is 0 Å². The van der Waals surface area contributed by atoms with Gasteiger partial charge in [0.15, 0.2) is 17.3 Å². The van der Waals surface area contributed by atoms with Gasteiger partial charge in [0.25, 0.3) is 0 Å². The fourth-order valence-corrected chi connectivity index (χ4v) is 2.49. The molecule has 104 valence electrons. The Morgan fingerprint density at radius 3 is 2.81 bits per heavy atom. The Bertz CT molecular complexity index is 816. The van der Waals surface area contributed by atoms with Gasteiger partial charge in [-0.15, -0.1) is 0 Å². The van der Waals surface area contributed by atoms with Crippen LogP contribution in [0.1, 0.15) is 0 Å². The average Bonchev–Trinajstić information content (AvgIpc) is 3.15. The van der Waals surface area contributed by atoms with Crippen molar-refractivity contribution in [3.63, 3.8) is 0 Å². The lowest BCUT2D eigenvalue weighted by atomic mass is 10.2. The number of ether oxygens (including phenoxy) is 2. The van der Waals surface area contributed by atoms with Crippen molar-refractivity contribution >= 4 is 11.6 Å². The number of halogens is 1. The molecule has 0 saturated carbocycles. The molecule has 4 rings (SSSR count). The molecule has 0 fully saturated rings. The summed E-state index contributed by atoms with van der Waals surface area (Å²) in [5, 5.41) is 4.88. The van der Waals surface area contributed by atoms with Crippen LogP contribution in [0.3, 0.4) is 0 Å². The minimum Gasteiger partial charge on any atom is -0.454 e. The maximum atomic E-state index is 6.24. The predicted molar refractivity (Wildman–Crippen MR) is 77.9 cm³/mol. The highest BCUT2D eigenvalue weighted by Crippen LogP contribution is 2.36. The van der Waals surface area contributed by atoms with Gasteiger partial charge < -0.3 is 9.47 Å². The van der Waals surface area contributed by atoms with Crippen molar-refractivity contribution in [2.45, 2.75) is 0 Å². The van der Waals surface area contributed by atoms with Gasteiger partial charge in [0.1, 0.15) is 6.33 Å². The molecule has 2 heterocycles. The largest absolute Gasteiger partial charge is 0.454 e. The van der Waals surface area contributed by atoms with Gasteiger partial charge in [-0.1, -0.05) is 23.7 Å². The molecular weight excluding hydrogens is 290 g/mol. The molecule has 0 radical (unpaired) electrons. The molecule has 1 aromatic heterocycles. The summed E-state index contributed by atoms with van der Waals surface area (Å²) in [6, 6.07) is 13.2. The first-order valence-electron chi connectivity index (χ1n) is 6.38. The SMILES string of the molecule is Clc1ccccc1-n1ncnc1-c1ccc2c(c1)OCO2. The van der Waals surface area contributed by atoms with Crippen molar-refractivity contribution in [2.75, 3.05) is 6.79 Å². The van der Waals surface area contributed by atoms with Gasteiger partial charge in [0.05, 0.1) is 10.7 Å². The number of nitrogens with zero attached hydrogens (tertiary/aromatic N) is 3. The van der Waals surface area contributed by atoms with Crippen molar-refractivity contribution in [3.8, 4) is 28.6 Å². The van der Waals surface area contributed by atoms with Crippen LogP contribution in [0.15, 0.2) is 48.8 Å². The Hall–Kier alpha value is -2.53. The third-order valence-corrected chi connectivity index (χ3v) is 3.58. The van der Waals surface area contributed by atoms with E-state index in [1.807, 2.05) is 42.5 Å². The standard InChI is InChI=1S/C15H10ClN3O2/c16-11-3-1-2-4-12(11)19-15(17-8-18-19)10-5-6-13-14(7-10)21-9-20-13/h1-8H,9H2. The molecule has 3 aromatic rings. The number of rotatable bonds is 2. The first-order valence-corrected chi connectivity index (χ1v) is 6.76. The van der Waals surface area contributed by atoms with E-state index < -0.39 is 0 Å². The van der Waals surface area contributed by atoms with Crippen LogP contribution in [0, 0.1) is 0 Å². The number of para-hydroxylation sites is 1. The van der Waals surface area contributed by atoms with E-state index in [1.54, 1.807) is 4.68 Å². The van der Waals surface area contributed by atoms with Crippen molar-refractivity contribution in [1.29, 1.82) is 0 Å². The van der Waals surface area contributed by atoms with Crippen LogP contribution in [0.25, 0.3) is 17.1 Å². The van der Waals surface area contributed by atoms with Gasteiger partial charge in [-0.25, -0.2) is 9.67 Å². The van der Waals surface area contributed by atoms with E-state index in [4.69, 9.17) is 21.1 Å². The number of benzene rings is 2. The van der Waals surface area contributed by atoms with Crippen LogP contribution in [0.4, 0.5) is 0 Å². The number of fused-ring (bicyclic) bond motifs is 1. The molecule has 1 aliphatic heterocycles. The summed E-state index contributed by atoms with van der Waals surface area (Å²) in [4.78, 5) is 4.33. The average molecular weight is 300 g/mol. The van der Waals surface area contributed by atoms with Gasteiger partial charge in [0.2, 0.25) is 6.79 Å². The Morgan fingerprint density at radius 2 is 1.90 bits per heavy atom. The summed E-state index contributed by atoms with van der Waals surface area (Å²) < 4.78 is 12.4. The lowest BCUT2D eigenvalue weighted by molar-refractivity contribution is 0.174. The predicted octanol–water partition coefficient (Wildman–Crippen LogP) is 3.32. The molecule has 1 aliphatic rings. The molecule has 5 nitrogen and oxygen atoms in total. The van der Waals surface area contributed by atoms with E-state index >= 15 is 0 Å². The minimum atomic E-state index is 0.246. The molecule has 0 unspecified atom stereocenters. The van der Waals surface area contributed by atoms with Crippen LogP contribution in [0.2, 0.25) is 5.02 Å². The first kappa shape index (κ1) is 12.2. The van der Waals surface area contributed by atoms with Gasteiger partial charge >= 0.3 is 0 Å². The molecule has 0 atom stereocenters. The van der Waals surface area contributed by atoms with Crippen LogP contribution in [0.5, 0.6) is 11.5 Å².